The van der Waals surface area contributed by atoms with Gasteiger partial charge in [-0.05, 0) is 24.8 Å². The molecule has 0 amide bonds. The Morgan fingerprint density at radius 2 is 2.08 bits per heavy atom. The predicted octanol–water partition coefficient (Wildman–Crippen LogP) is 2.63. The summed E-state index contributed by atoms with van der Waals surface area (Å²) < 4.78 is 2.01. The maximum Gasteiger partial charge on any atom is 0.0593 e. The molecule has 1 rings (SSSR count). The molecule has 0 radical (unpaired) electrons. The van der Waals surface area contributed by atoms with E-state index < -0.39 is 0 Å². The van der Waals surface area contributed by atoms with Crippen molar-refractivity contribution >= 4 is 0 Å². The minimum atomic E-state index is 0.403. The summed E-state index contributed by atoms with van der Waals surface area (Å²) in [4.78, 5) is 0. The number of aromatic nitrogens is 2. The summed E-state index contributed by atoms with van der Waals surface area (Å²) in [7, 11) is 0. The summed E-state index contributed by atoms with van der Waals surface area (Å²) in [5.74, 6) is 0. The Hall–Kier alpha value is -0.790. The first kappa shape index (κ1) is 9.30. The average molecular weight is 166 g/mol. The van der Waals surface area contributed by atoms with E-state index in [1.165, 1.54) is 6.42 Å². The van der Waals surface area contributed by atoms with E-state index in [0.717, 1.165) is 12.2 Å². The third-order valence-electron chi connectivity index (χ3n) is 1.86. The zero-order chi connectivity index (χ0) is 9.19. The highest BCUT2D eigenvalue weighted by Gasteiger charge is 2.09. The molecular weight excluding hydrogens is 148 g/mol. The van der Waals surface area contributed by atoms with Crippen LogP contribution in [0.4, 0.5) is 0 Å². The molecule has 0 fully saturated rings. The molecule has 0 aliphatic heterocycles. The molecule has 0 aliphatic carbocycles. The molecular formula is C10H18N2. The highest BCUT2D eigenvalue weighted by atomic mass is 15.3. The molecule has 1 heterocycles. The molecule has 0 bridgehead atoms. The standard InChI is InChI=1S/C10H18N2/c1-9-5-7-12(11-9)8-6-10(2,3)4/h5,7H,6,8H2,1-4H3. The molecule has 0 aromatic carbocycles. The van der Waals surface area contributed by atoms with Gasteiger partial charge in [-0.3, -0.25) is 4.68 Å². The summed E-state index contributed by atoms with van der Waals surface area (Å²) in [5, 5.41) is 4.33. The van der Waals surface area contributed by atoms with Gasteiger partial charge in [-0.1, -0.05) is 20.8 Å². The first-order valence-electron chi connectivity index (χ1n) is 4.47. The number of hydrogen-bond acceptors (Lipinski definition) is 1. The minimum absolute atomic E-state index is 0.403. The quantitative estimate of drug-likeness (QED) is 0.660. The Balaban J connectivity index is 2.44. The molecule has 2 heteroatoms. The zero-order valence-electron chi connectivity index (χ0n) is 8.46. The third kappa shape index (κ3) is 3.07. The summed E-state index contributed by atoms with van der Waals surface area (Å²) in [6.45, 7) is 9.81. The van der Waals surface area contributed by atoms with E-state index in [1.807, 2.05) is 23.9 Å². The van der Waals surface area contributed by atoms with Crippen molar-refractivity contribution in [1.82, 2.24) is 9.78 Å². The van der Waals surface area contributed by atoms with Gasteiger partial charge in [0.05, 0.1) is 5.69 Å². The van der Waals surface area contributed by atoms with Crippen LogP contribution >= 0.6 is 0 Å². The van der Waals surface area contributed by atoms with Gasteiger partial charge >= 0.3 is 0 Å². The fourth-order valence-electron chi connectivity index (χ4n) is 1.04. The molecule has 0 atom stereocenters. The van der Waals surface area contributed by atoms with E-state index in [2.05, 4.69) is 25.9 Å². The van der Waals surface area contributed by atoms with Crippen LogP contribution in [0.1, 0.15) is 32.9 Å². The fourth-order valence-corrected chi connectivity index (χ4v) is 1.04. The van der Waals surface area contributed by atoms with Crippen LogP contribution in [0.2, 0.25) is 0 Å². The normalized spacial score (nSPS) is 12.0. The van der Waals surface area contributed by atoms with Crippen LogP contribution < -0.4 is 0 Å². The monoisotopic (exact) mass is 166 g/mol. The molecule has 0 aliphatic rings. The Morgan fingerprint density at radius 3 is 2.50 bits per heavy atom. The van der Waals surface area contributed by atoms with Crippen molar-refractivity contribution in [3.8, 4) is 0 Å². The van der Waals surface area contributed by atoms with Gasteiger partial charge in [-0.25, -0.2) is 0 Å². The highest BCUT2D eigenvalue weighted by Crippen LogP contribution is 2.18. The van der Waals surface area contributed by atoms with Crippen LogP contribution in [0.25, 0.3) is 0 Å². The van der Waals surface area contributed by atoms with Crippen molar-refractivity contribution in [2.75, 3.05) is 0 Å². The topological polar surface area (TPSA) is 17.8 Å². The molecule has 68 valence electrons. The second-order valence-corrected chi connectivity index (χ2v) is 4.53. The summed E-state index contributed by atoms with van der Waals surface area (Å²) in [6, 6.07) is 2.04. The van der Waals surface area contributed by atoms with Gasteiger partial charge in [0.2, 0.25) is 0 Å². The molecule has 0 spiro atoms. The number of rotatable bonds is 2. The first-order valence-corrected chi connectivity index (χ1v) is 4.47. The van der Waals surface area contributed by atoms with Gasteiger partial charge < -0.3 is 0 Å². The average Bonchev–Trinajstić information content (AvgIpc) is 2.30. The molecule has 0 unspecified atom stereocenters. The number of hydrogen-bond donors (Lipinski definition) is 0. The molecule has 0 saturated heterocycles. The van der Waals surface area contributed by atoms with E-state index in [-0.39, 0.29) is 0 Å². The molecule has 2 nitrogen and oxygen atoms in total. The molecule has 0 N–H and O–H groups in total. The van der Waals surface area contributed by atoms with Gasteiger partial charge in [0.25, 0.3) is 0 Å². The van der Waals surface area contributed by atoms with Crippen molar-refractivity contribution in [3.63, 3.8) is 0 Å². The Morgan fingerprint density at radius 1 is 1.42 bits per heavy atom. The van der Waals surface area contributed by atoms with Gasteiger partial charge in [-0.2, -0.15) is 5.10 Å². The van der Waals surface area contributed by atoms with E-state index in [1.54, 1.807) is 0 Å². The van der Waals surface area contributed by atoms with Gasteiger partial charge in [0, 0.05) is 12.7 Å². The van der Waals surface area contributed by atoms with Crippen molar-refractivity contribution in [3.05, 3.63) is 18.0 Å². The highest BCUT2D eigenvalue weighted by molar-refractivity contribution is 4.94. The smallest absolute Gasteiger partial charge is 0.0593 e. The largest absolute Gasteiger partial charge is 0.272 e. The van der Waals surface area contributed by atoms with E-state index in [0.29, 0.717) is 5.41 Å². The maximum absolute atomic E-state index is 4.33. The second-order valence-electron chi connectivity index (χ2n) is 4.53. The van der Waals surface area contributed by atoms with Crippen LogP contribution in [0.5, 0.6) is 0 Å². The van der Waals surface area contributed by atoms with E-state index in [9.17, 15) is 0 Å². The van der Waals surface area contributed by atoms with Gasteiger partial charge in [0.1, 0.15) is 0 Å². The van der Waals surface area contributed by atoms with Crippen LogP contribution in [-0.2, 0) is 6.54 Å². The lowest BCUT2D eigenvalue weighted by molar-refractivity contribution is 0.340. The van der Waals surface area contributed by atoms with Gasteiger partial charge in [0.15, 0.2) is 0 Å². The fraction of sp³-hybridized carbons (Fsp3) is 0.700. The van der Waals surface area contributed by atoms with E-state index >= 15 is 0 Å². The third-order valence-corrected chi connectivity index (χ3v) is 1.86. The molecule has 1 aromatic heterocycles. The zero-order valence-corrected chi connectivity index (χ0v) is 8.46. The number of aryl methyl sites for hydroxylation is 2. The Bertz CT molecular complexity index is 243. The van der Waals surface area contributed by atoms with E-state index in [4.69, 9.17) is 0 Å². The lowest BCUT2D eigenvalue weighted by atomic mass is 9.92. The molecule has 12 heavy (non-hydrogen) atoms. The molecule has 1 aromatic rings. The lowest BCUT2D eigenvalue weighted by Crippen LogP contribution is -2.10. The molecule has 0 saturated carbocycles. The summed E-state index contributed by atoms with van der Waals surface area (Å²) >= 11 is 0. The van der Waals surface area contributed by atoms with Crippen LogP contribution in [0.15, 0.2) is 12.3 Å². The Labute approximate surface area is 74.6 Å². The Kier molecular flexibility index (Phi) is 2.55. The SMILES string of the molecule is Cc1ccn(CCC(C)(C)C)n1. The summed E-state index contributed by atoms with van der Waals surface area (Å²) in [6.07, 6.45) is 3.22. The lowest BCUT2D eigenvalue weighted by Gasteiger charge is -2.17. The van der Waals surface area contributed by atoms with Crippen LogP contribution in [-0.4, -0.2) is 9.78 Å². The first-order chi connectivity index (χ1) is 5.47. The maximum atomic E-state index is 4.33. The number of nitrogens with zero attached hydrogens (tertiary/aromatic N) is 2. The van der Waals surface area contributed by atoms with Crippen LogP contribution in [0.3, 0.4) is 0 Å². The van der Waals surface area contributed by atoms with Gasteiger partial charge in [-0.15, -0.1) is 0 Å². The summed E-state index contributed by atoms with van der Waals surface area (Å²) in [5.41, 5.74) is 1.50. The minimum Gasteiger partial charge on any atom is -0.272 e. The van der Waals surface area contributed by atoms with Crippen molar-refractivity contribution in [2.24, 2.45) is 5.41 Å². The van der Waals surface area contributed by atoms with Crippen LogP contribution in [0, 0.1) is 12.3 Å². The van der Waals surface area contributed by atoms with Crippen molar-refractivity contribution < 1.29 is 0 Å². The van der Waals surface area contributed by atoms with Crippen molar-refractivity contribution in [1.29, 1.82) is 0 Å². The van der Waals surface area contributed by atoms with Crippen molar-refractivity contribution in [2.45, 2.75) is 40.7 Å². The predicted molar refractivity (Wildman–Crippen MR) is 51.0 cm³/mol. The second kappa shape index (κ2) is 3.30.